The van der Waals surface area contributed by atoms with Crippen molar-refractivity contribution in [1.29, 1.82) is 0 Å². The van der Waals surface area contributed by atoms with E-state index in [-0.39, 0.29) is 6.61 Å². The number of benzene rings is 1. The van der Waals surface area contributed by atoms with Crippen molar-refractivity contribution in [3.8, 4) is 5.75 Å². The lowest BCUT2D eigenvalue weighted by Gasteiger charge is -2.11. The molecular formula is C11H15NO4. The highest BCUT2D eigenvalue weighted by Gasteiger charge is 2.09. The van der Waals surface area contributed by atoms with Gasteiger partial charge in [-0.15, -0.1) is 0 Å². The lowest BCUT2D eigenvalue weighted by Crippen LogP contribution is -2.14. The molecule has 0 aliphatic rings. The van der Waals surface area contributed by atoms with Crippen LogP contribution in [0.25, 0.3) is 0 Å². The molecule has 0 saturated heterocycles. The molecule has 0 bridgehead atoms. The van der Waals surface area contributed by atoms with Crippen molar-refractivity contribution in [3.05, 3.63) is 23.8 Å². The van der Waals surface area contributed by atoms with E-state index < -0.39 is 12.1 Å². The quantitative estimate of drug-likeness (QED) is 0.585. The molecule has 0 amide bonds. The maximum absolute atomic E-state index is 11.2. The van der Waals surface area contributed by atoms with Gasteiger partial charge in [0.15, 0.2) is 0 Å². The third-order valence-electron chi connectivity index (χ3n) is 1.91. The SMILES string of the molecule is COC(=O)c1ccc(N)c(OCC(C)O)c1. The molecule has 0 aliphatic heterocycles. The summed E-state index contributed by atoms with van der Waals surface area (Å²) in [7, 11) is 1.30. The van der Waals surface area contributed by atoms with Crippen LogP contribution >= 0.6 is 0 Å². The lowest BCUT2D eigenvalue weighted by molar-refractivity contribution is 0.0600. The van der Waals surface area contributed by atoms with Gasteiger partial charge >= 0.3 is 5.97 Å². The van der Waals surface area contributed by atoms with E-state index in [0.717, 1.165) is 0 Å². The number of aliphatic hydroxyl groups excluding tert-OH is 1. The molecule has 0 heterocycles. The number of esters is 1. The zero-order valence-electron chi connectivity index (χ0n) is 9.27. The summed E-state index contributed by atoms with van der Waals surface area (Å²) in [5, 5.41) is 9.07. The summed E-state index contributed by atoms with van der Waals surface area (Å²) < 4.78 is 9.82. The minimum atomic E-state index is -0.596. The molecule has 1 unspecified atom stereocenters. The molecule has 1 rings (SSSR count). The zero-order valence-corrected chi connectivity index (χ0v) is 9.27. The van der Waals surface area contributed by atoms with Crippen molar-refractivity contribution in [2.75, 3.05) is 19.5 Å². The number of rotatable bonds is 4. The van der Waals surface area contributed by atoms with Crippen LogP contribution in [0, 0.1) is 0 Å². The number of anilines is 1. The van der Waals surface area contributed by atoms with Crippen molar-refractivity contribution in [2.24, 2.45) is 0 Å². The fourth-order valence-corrected chi connectivity index (χ4v) is 1.11. The van der Waals surface area contributed by atoms with E-state index in [4.69, 9.17) is 15.6 Å². The van der Waals surface area contributed by atoms with Gasteiger partial charge in [-0.2, -0.15) is 0 Å². The van der Waals surface area contributed by atoms with Gasteiger partial charge in [0.05, 0.1) is 24.5 Å². The highest BCUT2D eigenvalue weighted by atomic mass is 16.5. The maximum atomic E-state index is 11.2. The molecule has 0 spiro atoms. The molecular weight excluding hydrogens is 210 g/mol. The number of nitrogens with two attached hydrogens (primary N) is 1. The Hall–Kier alpha value is -1.75. The largest absolute Gasteiger partial charge is 0.489 e. The standard InChI is InChI=1S/C11H15NO4/c1-7(13)6-16-10-5-8(11(14)15-2)3-4-9(10)12/h3-5,7,13H,6,12H2,1-2H3. The van der Waals surface area contributed by atoms with Crippen LogP contribution in [0.15, 0.2) is 18.2 Å². The highest BCUT2D eigenvalue weighted by molar-refractivity contribution is 5.90. The van der Waals surface area contributed by atoms with Gasteiger partial charge in [-0.3, -0.25) is 0 Å². The molecule has 5 nitrogen and oxygen atoms in total. The zero-order chi connectivity index (χ0) is 12.1. The van der Waals surface area contributed by atoms with Gasteiger partial charge in [0.1, 0.15) is 12.4 Å². The fraction of sp³-hybridized carbons (Fsp3) is 0.364. The molecule has 88 valence electrons. The molecule has 1 aromatic carbocycles. The molecule has 3 N–H and O–H groups in total. The van der Waals surface area contributed by atoms with Crippen LogP contribution < -0.4 is 10.5 Å². The van der Waals surface area contributed by atoms with Crippen molar-refractivity contribution in [1.82, 2.24) is 0 Å². The average Bonchev–Trinajstić information content (AvgIpc) is 2.26. The van der Waals surface area contributed by atoms with Gasteiger partial charge in [0.2, 0.25) is 0 Å². The van der Waals surface area contributed by atoms with E-state index in [0.29, 0.717) is 17.0 Å². The number of carbonyl (C=O) groups excluding carboxylic acids is 1. The van der Waals surface area contributed by atoms with Crippen LogP contribution in [0.2, 0.25) is 0 Å². The third-order valence-corrected chi connectivity index (χ3v) is 1.91. The molecule has 16 heavy (non-hydrogen) atoms. The lowest BCUT2D eigenvalue weighted by atomic mass is 10.2. The second kappa shape index (κ2) is 5.37. The first-order valence-corrected chi connectivity index (χ1v) is 4.83. The summed E-state index contributed by atoms with van der Waals surface area (Å²) >= 11 is 0. The Morgan fingerprint density at radius 2 is 2.25 bits per heavy atom. The molecule has 0 aliphatic carbocycles. The Morgan fingerprint density at radius 1 is 1.56 bits per heavy atom. The topological polar surface area (TPSA) is 81.8 Å². The normalized spacial score (nSPS) is 11.9. The number of hydrogen-bond acceptors (Lipinski definition) is 5. The Morgan fingerprint density at radius 3 is 2.81 bits per heavy atom. The monoisotopic (exact) mass is 225 g/mol. The summed E-state index contributed by atoms with van der Waals surface area (Å²) in [6, 6.07) is 4.60. The minimum Gasteiger partial charge on any atom is -0.489 e. The van der Waals surface area contributed by atoms with E-state index in [1.165, 1.54) is 13.2 Å². The first-order valence-electron chi connectivity index (χ1n) is 4.83. The smallest absolute Gasteiger partial charge is 0.337 e. The Labute approximate surface area is 93.8 Å². The van der Waals surface area contributed by atoms with Gasteiger partial charge in [0, 0.05) is 0 Å². The number of methoxy groups -OCH3 is 1. The van der Waals surface area contributed by atoms with Gasteiger partial charge in [-0.25, -0.2) is 4.79 Å². The Bertz CT molecular complexity index is 376. The van der Waals surface area contributed by atoms with Gasteiger partial charge in [-0.05, 0) is 25.1 Å². The average molecular weight is 225 g/mol. The molecule has 0 radical (unpaired) electrons. The molecule has 1 atom stereocenters. The first kappa shape index (κ1) is 12.3. The summed E-state index contributed by atoms with van der Waals surface area (Å²) in [6.07, 6.45) is -0.596. The number of hydrogen-bond donors (Lipinski definition) is 2. The maximum Gasteiger partial charge on any atom is 0.337 e. The first-order chi connectivity index (χ1) is 7.54. The van der Waals surface area contributed by atoms with Crippen molar-refractivity contribution < 1.29 is 19.4 Å². The van der Waals surface area contributed by atoms with Gasteiger partial charge in [-0.1, -0.05) is 0 Å². The molecule has 5 heteroatoms. The number of ether oxygens (including phenoxy) is 2. The van der Waals surface area contributed by atoms with Crippen LogP contribution in [0.1, 0.15) is 17.3 Å². The second-order valence-electron chi connectivity index (χ2n) is 3.40. The van der Waals surface area contributed by atoms with E-state index in [1.807, 2.05) is 0 Å². The van der Waals surface area contributed by atoms with Gasteiger partial charge in [0.25, 0.3) is 0 Å². The Balaban J connectivity index is 2.86. The van der Waals surface area contributed by atoms with Crippen molar-refractivity contribution >= 4 is 11.7 Å². The number of carbonyl (C=O) groups is 1. The van der Waals surface area contributed by atoms with Crippen molar-refractivity contribution in [2.45, 2.75) is 13.0 Å². The second-order valence-corrected chi connectivity index (χ2v) is 3.40. The van der Waals surface area contributed by atoms with Crippen molar-refractivity contribution in [3.63, 3.8) is 0 Å². The van der Waals surface area contributed by atoms with Gasteiger partial charge < -0.3 is 20.3 Å². The van der Waals surface area contributed by atoms with E-state index >= 15 is 0 Å². The minimum absolute atomic E-state index is 0.120. The molecule has 0 fully saturated rings. The van der Waals surface area contributed by atoms with Crippen LogP contribution in [0.4, 0.5) is 5.69 Å². The highest BCUT2D eigenvalue weighted by Crippen LogP contribution is 2.23. The van der Waals surface area contributed by atoms with Crippen LogP contribution in [0.5, 0.6) is 5.75 Å². The Kier molecular flexibility index (Phi) is 4.13. The summed E-state index contributed by atoms with van der Waals surface area (Å²) in [6.45, 7) is 1.72. The summed E-state index contributed by atoms with van der Waals surface area (Å²) in [4.78, 5) is 11.2. The van der Waals surface area contributed by atoms with E-state index in [9.17, 15) is 4.79 Å². The van der Waals surface area contributed by atoms with Crippen LogP contribution in [0.3, 0.4) is 0 Å². The number of aliphatic hydroxyl groups is 1. The predicted molar refractivity (Wildman–Crippen MR) is 59.4 cm³/mol. The van der Waals surface area contributed by atoms with E-state index in [1.54, 1.807) is 19.1 Å². The summed E-state index contributed by atoms with van der Waals surface area (Å²) in [5.74, 6) is -0.0919. The van der Waals surface area contributed by atoms with E-state index in [2.05, 4.69) is 4.74 Å². The molecule has 0 aromatic heterocycles. The van der Waals surface area contributed by atoms with Crippen LogP contribution in [-0.2, 0) is 4.74 Å². The predicted octanol–water partition coefficient (Wildman–Crippen LogP) is 0.815. The number of nitrogen functional groups attached to an aromatic ring is 1. The summed E-state index contributed by atoms with van der Waals surface area (Å²) in [5.41, 5.74) is 6.43. The molecule has 0 saturated carbocycles. The van der Waals surface area contributed by atoms with Crippen LogP contribution in [-0.4, -0.2) is 30.9 Å². The fourth-order valence-electron chi connectivity index (χ4n) is 1.11. The third kappa shape index (κ3) is 3.13. The molecule has 1 aromatic rings.